The van der Waals surface area contributed by atoms with Crippen LogP contribution in [0.1, 0.15) is 278 Å². The molecule has 456 valence electrons. The summed E-state index contributed by atoms with van der Waals surface area (Å²) < 4.78 is 16.9. The van der Waals surface area contributed by atoms with Crippen LogP contribution in [-0.4, -0.2) is 37.2 Å². The van der Waals surface area contributed by atoms with Gasteiger partial charge in [-0.15, -0.1) is 0 Å². The van der Waals surface area contributed by atoms with E-state index in [0.29, 0.717) is 19.3 Å². The summed E-state index contributed by atoms with van der Waals surface area (Å²) in [6.45, 7) is 6.32. The minimum atomic E-state index is -0.801. The molecule has 0 N–H and O–H groups in total. The molecule has 0 saturated heterocycles. The topological polar surface area (TPSA) is 78.9 Å². The average molecular weight is 1120 g/mol. The monoisotopic (exact) mass is 1120 g/mol. The lowest BCUT2D eigenvalue weighted by molar-refractivity contribution is -0.167. The van der Waals surface area contributed by atoms with E-state index < -0.39 is 6.10 Å². The van der Waals surface area contributed by atoms with Crippen LogP contribution in [0, 0.1) is 0 Å². The van der Waals surface area contributed by atoms with Gasteiger partial charge in [0.25, 0.3) is 0 Å². The van der Waals surface area contributed by atoms with E-state index in [1.807, 2.05) is 0 Å². The van der Waals surface area contributed by atoms with Crippen molar-refractivity contribution < 1.29 is 28.6 Å². The highest BCUT2D eigenvalue weighted by Gasteiger charge is 2.19. The molecule has 0 aromatic heterocycles. The highest BCUT2D eigenvalue weighted by atomic mass is 16.6. The largest absolute Gasteiger partial charge is 0.462 e. The molecular formula is C75H120O6. The number of hydrogen-bond acceptors (Lipinski definition) is 6. The summed E-state index contributed by atoms with van der Waals surface area (Å²) in [7, 11) is 0. The van der Waals surface area contributed by atoms with Crippen molar-refractivity contribution >= 4 is 17.9 Å². The Morgan fingerprint density at radius 2 is 0.481 bits per heavy atom. The quantitative estimate of drug-likeness (QED) is 0.0261. The van der Waals surface area contributed by atoms with E-state index in [2.05, 4.69) is 179 Å². The molecule has 0 radical (unpaired) electrons. The summed E-state index contributed by atoms with van der Waals surface area (Å²) in [4.78, 5) is 38.3. The van der Waals surface area contributed by atoms with Gasteiger partial charge in [0, 0.05) is 19.3 Å². The molecule has 6 nitrogen and oxygen atoms in total. The lowest BCUT2D eigenvalue weighted by Crippen LogP contribution is -2.30. The molecule has 0 rings (SSSR count). The molecule has 0 aromatic carbocycles. The van der Waals surface area contributed by atoms with Crippen LogP contribution in [0.5, 0.6) is 0 Å². The van der Waals surface area contributed by atoms with Gasteiger partial charge in [0.15, 0.2) is 6.10 Å². The van der Waals surface area contributed by atoms with Gasteiger partial charge in [-0.2, -0.15) is 0 Å². The molecular weight excluding hydrogens is 997 g/mol. The van der Waals surface area contributed by atoms with Crippen molar-refractivity contribution in [2.75, 3.05) is 13.2 Å². The Balaban J connectivity index is 4.25. The molecule has 0 bridgehead atoms. The SMILES string of the molecule is CC/C=C\C/C=C\C/C=C\C/C=C\C/C=C\C/C=C\C/C=C\C/C=C\CCCCCCCCCCCCC(=O)OCC(COC(=O)CCCCCCC/C=C\C/C=C\CCC)OC(=O)CCCCCCC/C=C\C/C=C\C/C=C\CC. The Morgan fingerprint density at radius 3 is 0.753 bits per heavy atom. The number of ether oxygens (including phenoxy) is 3. The molecule has 0 saturated carbocycles. The van der Waals surface area contributed by atoms with Crippen molar-refractivity contribution in [3.05, 3.63) is 158 Å². The summed E-state index contributed by atoms with van der Waals surface area (Å²) in [5.74, 6) is -0.934. The molecule has 0 aliphatic rings. The third kappa shape index (κ3) is 65.7. The van der Waals surface area contributed by atoms with Crippen molar-refractivity contribution in [2.24, 2.45) is 0 Å². The van der Waals surface area contributed by atoms with Gasteiger partial charge in [-0.3, -0.25) is 14.4 Å². The van der Waals surface area contributed by atoms with Crippen LogP contribution < -0.4 is 0 Å². The number of rotatable bonds is 58. The van der Waals surface area contributed by atoms with Crippen LogP contribution in [0.3, 0.4) is 0 Å². The smallest absolute Gasteiger partial charge is 0.306 e. The summed E-state index contributed by atoms with van der Waals surface area (Å²) in [5, 5.41) is 0. The Kier molecular flexibility index (Phi) is 63.4. The second kappa shape index (κ2) is 67.5. The first-order valence-electron chi connectivity index (χ1n) is 33.0. The maximum atomic E-state index is 12.9. The number of carbonyl (C=O) groups is 3. The zero-order valence-corrected chi connectivity index (χ0v) is 52.2. The van der Waals surface area contributed by atoms with Crippen LogP contribution in [0.15, 0.2) is 158 Å². The Labute approximate surface area is 499 Å². The van der Waals surface area contributed by atoms with Crippen LogP contribution >= 0.6 is 0 Å². The Hall–Kier alpha value is -4.97. The van der Waals surface area contributed by atoms with Crippen LogP contribution in [0.25, 0.3) is 0 Å². The van der Waals surface area contributed by atoms with Gasteiger partial charge in [0.05, 0.1) is 0 Å². The number of carbonyl (C=O) groups excluding carboxylic acids is 3. The lowest BCUT2D eigenvalue weighted by atomic mass is 10.1. The van der Waals surface area contributed by atoms with E-state index in [-0.39, 0.29) is 31.1 Å². The van der Waals surface area contributed by atoms with Crippen LogP contribution in [0.2, 0.25) is 0 Å². The fourth-order valence-corrected chi connectivity index (χ4v) is 8.63. The van der Waals surface area contributed by atoms with Crippen molar-refractivity contribution in [3.63, 3.8) is 0 Å². The first kappa shape index (κ1) is 76.0. The van der Waals surface area contributed by atoms with Gasteiger partial charge in [0.1, 0.15) is 13.2 Å². The maximum absolute atomic E-state index is 12.9. The second-order valence-corrected chi connectivity index (χ2v) is 21.3. The molecule has 0 aliphatic carbocycles. The molecule has 1 atom stereocenters. The molecule has 0 amide bonds. The van der Waals surface area contributed by atoms with E-state index >= 15 is 0 Å². The molecule has 81 heavy (non-hydrogen) atoms. The first-order chi connectivity index (χ1) is 40.0. The highest BCUT2D eigenvalue weighted by Crippen LogP contribution is 2.15. The van der Waals surface area contributed by atoms with Gasteiger partial charge in [-0.25, -0.2) is 0 Å². The number of esters is 3. The minimum absolute atomic E-state index is 0.0967. The molecule has 0 spiro atoms. The van der Waals surface area contributed by atoms with Gasteiger partial charge in [-0.05, 0) is 141 Å². The number of hydrogen-bond donors (Lipinski definition) is 0. The maximum Gasteiger partial charge on any atom is 0.306 e. The summed E-state index contributed by atoms with van der Waals surface area (Å²) in [6.07, 6.45) is 98.3. The zero-order valence-electron chi connectivity index (χ0n) is 52.2. The van der Waals surface area contributed by atoms with E-state index in [1.165, 1.54) is 51.4 Å². The second-order valence-electron chi connectivity index (χ2n) is 21.3. The summed E-state index contributed by atoms with van der Waals surface area (Å²) in [5.41, 5.74) is 0. The average Bonchev–Trinajstić information content (AvgIpc) is 3.46. The molecule has 1 unspecified atom stereocenters. The third-order valence-electron chi connectivity index (χ3n) is 13.5. The molecule has 0 aliphatic heterocycles. The standard InChI is InChI=1S/C75H120O6/c1-4-7-10-13-16-19-22-25-27-28-29-30-31-32-33-34-35-36-37-38-39-40-41-42-43-44-45-46-48-50-53-56-59-62-65-68-74(77)80-71-72(70-79-73(76)67-64-61-58-55-52-49-24-21-18-15-12-9-6-3)81-75(78)69-66-63-60-57-54-51-47-26-23-20-17-14-11-8-5-2/h7-8,10-12,15-17,19-21,24-27,29-30,32-33,35-36,38-39,41-42,47,72H,4-6,9,13-14,18,22-23,28,31,34,37,40,43-46,48-71H2,1-3H3/b10-7-,11-8-,15-12-,19-16-,20-17-,24-21-,27-25-,30-29-,33-32-,36-35-,39-38-,42-41-,47-26-. The fourth-order valence-electron chi connectivity index (χ4n) is 8.63. The Morgan fingerprint density at radius 1 is 0.259 bits per heavy atom. The minimum Gasteiger partial charge on any atom is -0.462 e. The van der Waals surface area contributed by atoms with Crippen LogP contribution in [-0.2, 0) is 28.6 Å². The van der Waals surface area contributed by atoms with Gasteiger partial charge in [-0.1, -0.05) is 275 Å². The third-order valence-corrected chi connectivity index (χ3v) is 13.5. The van der Waals surface area contributed by atoms with Crippen molar-refractivity contribution in [1.29, 1.82) is 0 Å². The van der Waals surface area contributed by atoms with Crippen molar-refractivity contribution in [1.82, 2.24) is 0 Å². The fraction of sp³-hybridized carbons (Fsp3) is 0.613. The molecule has 0 fully saturated rings. The predicted octanol–water partition coefficient (Wildman–Crippen LogP) is 22.9. The van der Waals surface area contributed by atoms with Crippen molar-refractivity contribution in [3.8, 4) is 0 Å². The van der Waals surface area contributed by atoms with Gasteiger partial charge in [0.2, 0.25) is 0 Å². The van der Waals surface area contributed by atoms with E-state index in [0.717, 1.165) is 186 Å². The first-order valence-corrected chi connectivity index (χ1v) is 33.0. The number of allylic oxidation sites excluding steroid dienone is 26. The molecule has 0 aromatic rings. The van der Waals surface area contributed by atoms with Crippen LogP contribution in [0.4, 0.5) is 0 Å². The van der Waals surface area contributed by atoms with Gasteiger partial charge >= 0.3 is 17.9 Å². The normalized spacial score (nSPS) is 13.2. The summed E-state index contributed by atoms with van der Waals surface area (Å²) >= 11 is 0. The summed E-state index contributed by atoms with van der Waals surface area (Å²) in [6, 6.07) is 0. The Bertz CT molecular complexity index is 1810. The zero-order chi connectivity index (χ0) is 58.5. The van der Waals surface area contributed by atoms with Crippen molar-refractivity contribution in [2.45, 2.75) is 284 Å². The van der Waals surface area contributed by atoms with E-state index in [9.17, 15) is 14.4 Å². The molecule has 6 heteroatoms. The molecule has 0 heterocycles. The predicted molar refractivity (Wildman–Crippen MR) is 352 cm³/mol. The number of unbranched alkanes of at least 4 members (excludes halogenated alkanes) is 21. The van der Waals surface area contributed by atoms with E-state index in [4.69, 9.17) is 14.2 Å². The highest BCUT2D eigenvalue weighted by molar-refractivity contribution is 5.71. The lowest BCUT2D eigenvalue weighted by Gasteiger charge is -2.18. The van der Waals surface area contributed by atoms with E-state index in [1.54, 1.807) is 0 Å². The van der Waals surface area contributed by atoms with Gasteiger partial charge < -0.3 is 14.2 Å².